The number of pyridine rings is 1. The molecule has 0 spiro atoms. The van der Waals surface area contributed by atoms with Crippen LogP contribution in [0.2, 0.25) is 0 Å². The molecule has 37 heavy (non-hydrogen) atoms. The third-order valence-corrected chi connectivity index (χ3v) is 7.01. The van der Waals surface area contributed by atoms with Crippen molar-refractivity contribution in [1.29, 1.82) is 0 Å². The molecular formula is C27H34N4O4S2. The largest absolute Gasteiger partial charge is 0.444 e. The molecule has 1 atom stereocenters. The molecule has 3 aromatic heterocycles. The van der Waals surface area contributed by atoms with Gasteiger partial charge in [-0.25, -0.2) is 4.79 Å². The minimum atomic E-state index is -0.746. The molecule has 8 nitrogen and oxygen atoms in total. The monoisotopic (exact) mass is 542 g/mol. The van der Waals surface area contributed by atoms with E-state index in [4.69, 9.17) is 4.74 Å². The van der Waals surface area contributed by atoms with Crippen LogP contribution in [0.15, 0.2) is 59.6 Å². The summed E-state index contributed by atoms with van der Waals surface area (Å²) in [6, 6.07) is 10.6. The van der Waals surface area contributed by atoms with Crippen LogP contribution in [0.4, 0.5) is 4.79 Å². The molecule has 3 amide bonds. The lowest BCUT2D eigenvalue weighted by atomic mass is 10.1. The second-order valence-corrected chi connectivity index (χ2v) is 11.6. The molecule has 198 valence electrons. The Hall–Kier alpha value is -3.24. The summed E-state index contributed by atoms with van der Waals surface area (Å²) in [7, 11) is 0. The normalized spacial score (nSPS) is 12.0. The Morgan fingerprint density at radius 2 is 1.68 bits per heavy atom. The van der Waals surface area contributed by atoms with Gasteiger partial charge in [0.25, 0.3) is 5.91 Å². The van der Waals surface area contributed by atoms with E-state index in [0.717, 1.165) is 9.75 Å². The molecule has 0 radical (unpaired) electrons. The number of alkyl carbamates (subject to hydrolysis) is 1. The van der Waals surface area contributed by atoms with Crippen LogP contribution in [0.3, 0.4) is 0 Å². The number of hydrogen-bond donors (Lipinski definition) is 2. The predicted octanol–water partition coefficient (Wildman–Crippen LogP) is 5.23. The number of ether oxygens (including phenoxy) is 1. The Kier molecular flexibility index (Phi) is 10.6. The second kappa shape index (κ2) is 13.9. The standard InChI is InChI=1S/C27H34N4O4S2/c1-27(2,3)35-26(34)30-23(12-4-5-14-29-24(32)20-9-6-13-28-17-20)25(33)31(18-21-10-7-15-36-21)19-22-11-8-16-37-22/h6-11,13,15-17,23H,4-5,12,14,18-19H2,1-3H3,(H,29,32)(H,30,34)/t23-/m0/s1. The molecule has 0 bridgehead atoms. The predicted molar refractivity (Wildman–Crippen MR) is 146 cm³/mol. The van der Waals surface area contributed by atoms with Gasteiger partial charge < -0.3 is 20.3 Å². The first-order valence-corrected chi connectivity index (χ1v) is 14.0. The Morgan fingerprint density at radius 3 is 2.22 bits per heavy atom. The van der Waals surface area contributed by atoms with E-state index in [0.29, 0.717) is 44.5 Å². The molecule has 0 aliphatic carbocycles. The molecule has 0 aliphatic heterocycles. The van der Waals surface area contributed by atoms with Crippen LogP contribution in [0, 0.1) is 0 Å². The number of nitrogens with zero attached hydrogens (tertiary/aromatic N) is 2. The second-order valence-electron chi connectivity index (χ2n) is 9.55. The van der Waals surface area contributed by atoms with Crippen molar-refractivity contribution in [2.75, 3.05) is 6.54 Å². The summed E-state index contributed by atoms with van der Waals surface area (Å²) in [4.78, 5) is 46.5. The van der Waals surface area contributed by atoms with Crippen molar-refractivity contribution >= 4 is 40.6 Å². The number of unbranched alkanes of at least 4 members (excludes halogenated alkanes) is 1. The van der Waals surface area contributed by atoms with Gasteiger partial charge in [-0.05, 0) is 75.1 Å². The third kappa shape index (κ3) is 9.97. The van der Waals surface area contributed by atoms with E-state index in [1.165, 1.54) is 6.20 Å². The van der Waals surface area contributed by atoms with Crippen molar-refractivity contribution in [3.8, 4) is 0 Å². The van der Waals surface area contributed by atoms with E-state index in [1.54, 1.807) is 66.7 Å². The number of nitrogens with one attached hydrogen (secondary N) is 2. The zero-order valence-corrected chi connectivity index (χ0v) is 23.1. The SMILES string of the molecule is CC(C)(C)OC(=O)N[C@@H](CCCCNC(=O)c1cccnc1)C(=O)N(Cc1cccs1)Cc1cccs1. The van der Waals surface area contributed by atoms with Crippen molar-refractivity contribution in [2.24, 2.45) is 0 Å². The number of aromatic nitrogens is 1. The Labute approximate surface area is 226 Å². The van der Waals surface area contributed by atoms with Gasteiger partial charge in [0.15, 0.2) is 0 Å². The van der Waals surface area contributed by atoms with Gasteiger partial charge in [0, 0.05) is 28.7 Å². The molecule has 10 heteroatoms. The number of carbonyl (C=O) groups excluding carboxylic acids is 3. The zero-order chi connectivity index (χ0) is 26.7. The summed E-state index contributed by atoms with van der Waals surface area (Å²) >= 11 is 3.19. The molecule has 0 aliphatic rings. The molecule has 2 N–H and O–H groups in total. The van der Waals surface area contributed by atoms with Crippen molar-refractivity contribution in [3.05, 3.63) is 74.9 Å². The molecular weight excluding hydrogens is 508 g/mol. The highest BCUT2D eigenvalue weighted by Crippen LogP contribution is 2.19. The maximum atomic E-state index is 13.7. The molecule has 0 saturated heterocycles. The van der Waals surface area contributed by atoms with Crippen LogP contribution < -0.4 is 10.6 Å². The third-order valence-electron chi connectivity index (χ3n) is 5.28. The van der Waals surface area contributed by atoms with Gasteiger partial charge in [0.2, 0.25) is 5.91 Å². The van der Waals surface area contributed by atoms with Gasteiger partial charge in [-0.2, -0.15) is 0 Å². The molecule has 0 aromatic carbocycles. The smallest absolute Gasteiger partial charge is 0.408 e. The highest BCUT2D eigenvalue weighted by molar-refractivity contribution is 7.10. The lowest BCUT2D eigenvalue weighted by Gasteiger charge is -2.28. The molecule has 0 fully saturated rings. The average molecular weight is 543 g/mol. The molecule has 0 unspecified atom stereocenters. The minimum Gasteiger partial charge on any atom is -0.444 e. The fourth-order valence-corrected chi connectivity index (χ4v) is 5.03. The summed E-state index contributed by atoms with van der Waals surface area (Å²) < 4.78 is 5.44. The highest BCUT2D eigenvalue weighted by atomic mass is 32.1. The number of hydrogen-bond acceptors (Lipinski definition) is 7. The van der Waals surface area contributed by atoms with Crippen LogP contribution in [0.25, 0.3) is 0 Å². The summed E-state index contributed by atoms with van der Waals surface area (Å²) in [6.07, 6.45) is 4.22. The van der Waals surface area contributed by atoms with Crippen LogP contribution in [-0.4, -0.2) is 46.0 Å². The maximum Gasteiger partial charge on any atom is 0.408 e. The quantitative estimate of drug-likeness (QED) is 0.305. The Balaban J connectivity index is 1.64. The van der Waals surface area contributed by atoms with Gasteiger partial charge >= 0.3 is 6.09 Å². The Bertz CT molecular complexity index is 1080. The highest BCUT2D eigenvalue weighted by Gasteiger charge is 2.28. The average Bonchev–Trinajstić information content (AvgIpc) is 3.56. The first-order chi connectivity index (χ1) is 17.7. The van der Waals surface area contributed by atoms with E-state index < -0.39 is 17.7 Å². The first kappa shape index (κ1) is 28.3. The van der Waals surface area contributed by atoms with E-state index >= 15 is 0 Å². The van der Waals surface area contributed by atoms with Gasteiger partial charge in [0.05, 0.1) is 18.7 Å². The topological polar surface area (TPSA) is 101 Å². The van der Waals surface area contributed by atoms with Gasteiger partial charge in [-0.15, -0.1) is 22.7 Å². The van der Waals surface area contributed by atoms with Crippen LogP contribution in [0.1, 0.15) is 60.1 Å². The van der Waals surface area contributed by atoms with E-state index in [-0.39, 0.29) is 11.8 Å². The lowest BCUT2D eigenvalue weighted by Crippen LogP contribution is -2.49. The van der Waals surface area contributed by atoms with Crippen LogP contribution in [-0.2, 0) is 22.6 Å². The van der Waals surface area contributed by atoms with Crippen LogP contribution in [0.5, 0.6) is 0 Å². The van der Waals surface area contributed by atoms with Gasteiger partial charge in [0.1, 0.15) is 11.6 Å². The number of amides is 3. The number of thiophene rings is 2. The summed E-state index contributed by atoms with van der Waals surface area (Å²) in [5, 5.41) is 9.64. The first-order valence-electron chi connectivity index (χ1n) is 12.2. The zero-order valence-electron chi connectivity index (χ0n) is 21.4. The lowest BCUT2D eigenvalue weighted by molar-refractivity contribution is -0.134. The van der Waals surface area contributed by atoms with E-state index in [1.807, 2.05) is 35.0 Å². The molecule has 3 rings (SSSR count). The van der Waals surface area contributed by atoms with Crippen molar-refractivity contribution in [3.63, 3.8) is 0 Å². The van der Waals surface area contributed by atoms with E-state index in [2.05, 4.69) is 15.6 Å². The molecule has 3 aromatic rings. The van der Waals surface area contributed by atoms with E-state index in [9.17, 15) is 14.4 Å². The molecule has 0 saturated carbocycles. The fraction of sp³-hybridized carbons (Fsp3) is 0.407. The van der Waals surface area contributed by atoms with Gasteiger partial charge in [-0.1, -0.05) is 12.1 Å². The number of rotatable bonds is 12. The van der Waals surface area contributed by atoms with Crippen molar-refractivity contribution in [1.82, 2.24) is 20.5 Å². The van der Waals surface area contributed by atoms with Crippen molar-refractivity contribution in [2.45, 2.75) is 64.8 Å². The van der Waals surface area contributed by atoms with Crippen molar-refractivity contribution < 1.29 is 19.1 Å². The minimum absolute atomic E-state index is 0.160. The maximum absolute atomic E-state index is 13.7. The fourth-order valence-electron chi connectivity index (χ4n) is 3.60. The Morgan fingerprint density at radius 1 is 1.00 bits per heavy atom. The summed E-state index contributed by atoms with van der Waals surface area (Å²) in [5.41, 5.74) is -0.179. The van der Waals surface area contributed by atoms with Crippen LogP contribution >= 0.6 is 22.7 Å². The summed E-state index contributed by atoms with van der Waals surface area (Å²) in [5.74, 6) is -0.349. The number of carbonyl (C=O) groups is 3. The summed E-state index contributed by atoms with van der Waals surface area (Å²) in [6.45, 7) is 6.73. The molecule has 3 heterocycles. The van der Waals surface area contributed by atoms with Gasteiger partial charge in [-0.3, -0.25) is 14.6 Å².